The first-order chi connectivity index (χ1) is 13.8. The van der Waals surface area contributed by atoms with Gasteiger partial charge in [0.05, 0.1) is 6.54 Å². The summed E-state index contributed by atoms with van der Waals surface area (Å²) >= 11 is 0. The van der Waals surface area contributed by atoms with Gasteiger partial charge in [-0.1, -0.05) is 19.4 Å². The SMILES string of the molecule is CCNC(=NCc1cccnc1OCC(F)(F)F)NC1CCCC(S(=O)CC)C1. The molecule has 6 nitrogen and oxygen atoms in total. The Morgan fingerprint density at radius 2 is 2.17 bits per heavy atom. The molecule has 10 heteroatoms. The lowest BCUT2D eigenvalue weighted by Gasteiger charge is -2.30. The van der Waals surface area contributed by atoms with Crippen molar-refractivity contribution in [3.63, 3.8) is 0 Å². The molecule has 0 spiro atoms. The minimum atomic E-state index is -4.43. The number of aromatic nitrogens is 1. The molecule has 1 aliphatic rings. The van der Waals surface area contributed by atoms with Crippen molar-refractivity contribution in [1.29, 1.82) is 0 Å². The third-order valence-corrected chi connectivity index (χ3v) is 6.34. The Kier molecular flexibility index (Phi) is 9.19. The molecule has 2 rings (SSSR count). The van der Waals surface area contributed by atoms with Crippen LogP contribution in [-0.2, 0) is 17.3 Å². The van der Waals surface area contributed by atoms with E-state index in [1.54, 1.807) is 12.1 Å². The van der Waals surface area contributed by atoms with Crippen LogP contribution >= 0.6 is 0 Å². The van der Waals surface area contributed by atoms with Gasteiger partial charge in [-0.15, -0.1) is 0 Å². The average Bonchev–Trinajstić information content (AvgIpc) is 2.70. The maximum atomic E-state index is 12.4. The van der Waals surface area contributed by atoms with Gasteiger partial charge in [-0.05, 0) is 32.3 Å². The lowest BCUT2D eigenvalue weighted by atomic mass is 9.95. The summed E-state index contributed by atoms with van der Waals surface area (Å²) in [6.07, 6.45) is 0.725. The molecule has 1 fully saturated rings. The third-order valence-electron chi connectivity index (χ3n) is 4.60. The lowest BCUT2D eigenvalue weighted by Crippen LogP contribution is -2.46. The highest BCUT2D eigenvalue weighted by Crippen LogP contribution is 2.23. The molecule has 2 N–H and O–H groups in total. The Bertz CT molecular complexity index is 700. The molecule has 1 saturated carbocycles. The Morgan fingerprint density at radius 3 is 2.86 bits per heavy atom. The third kappa shape index (κ3) is 8.20. The maximum absolute atomic E-state index is 12.4. The van der Waals surface area contributed by atoms with Gasteiger partial charge in [0.15, 0.2) is 12.6 Å². The molecule has 0 bridgehead atoms. The molecular formula is C19H29F3N4O2S. The minimum absolute atomic E-state index is 0.0690. The Balaban J connectivity index is 2.03. The van der Waals surface area contributed by atoms with Gasteiger partial charge < -0.3 is 15.4 Å². The van der Waals surface area contributed by atoms with Crippen molar-refractivity contribution in [2.45, 2.75) is 63.5 Å². The van der Waals surface area contributed by atoms with Crippen LogP contribution in [0.2, 0.25) is 0 Å². The van der Waals surface area contributed by atoms with Crippen LogP contribution < -0.4 is 15.4 Å². The summed E-state index contributed by atoms with van der Waals surface area (Å²) in [6.45, 7) is 3.26. The number of pyridine rings is 1. The summed E-state index contributed by atoms with van der Waals surface area (Å²) < 4.78 is 54.3. The van der Waals surface area contributed by atoms with Gasteiger partial charge in [-0.3, -0.25) is 4.21 Å². The molecule has 0 saturated heterocycles. The van der Waals surface area contributed by atoms with Crippen molar-refractivity contribution in [3.8, 4) is 5.88 Å². The van der Waals surface area contributed by atoms with Gasteiger partial charge in [0, 0.05) is 46.1 Å². The summed E-state index contributed by atoms with van der Waals surface area (Å²) in [5, 5.41) is 6.72. The number of hydrogen-bond acceptors (Lipinski definition) is 4. The molecule has 29 heavy (non-hydrogen) atoms. The van der Waals surface area contributed by atoms with Crippen LogP contribution in [-0.4, -0.2) is 51.5 Å². The van der Waals surface area contributed by atoms with Crippen LogP contribution in [0.15, 0.2) is 23.3 Å². The molecule has 1 aliphatic carbocycles. The first-order valence-corrected chi connectivity index (χ1v) is 11.3. The van der Waals surface area contributed by atoms with Crippen molar-refractivity contribution in [2.24, 2.45) is 4.99 Å². The van der Waals surface area contributed by atoms with Gasteiger partial charge in [0.1, 0.15) is 0 Å². The Hall–Kier alpha value is -1.84. The van der Waals surface area contributed by atoms with Crippen LogP contribution in [0.3, 0.4) is 0 Å². The van der Waals surface area contributed by atoms with E-state index in [1.165, 1.54) is 6.20 Å². The fourth-order valence-electron chi connectivity index (χ4n) is 3.25. The monoisotopic (exact) mass is 434 g/mol. The van der Waals surface area contributed by atoms with Gasteiger partial charge >= 0.3 is 6.18 Å². The number of rotatable bonds is 8. The topological polar surface area (TPSA) is 75.6 Å². The van der Waals surface area contributed by atoms with Gasteiger partial charge in [0.25, 0.3) is 0 Å². The van der Waals surface area contributed by atoms with E-state index in [2.05, 4.69) is 20.6 Å². The fourth-order valence-corrected chi connectivity index (χ4v) is 4.60. The van der Waals surface area contributed by atoms with E-state index in [4.69, 9.17) is 4.74 Å². The molecule has 3 unspecified atom stereocenters. The van der Waals surface area contributed by atoms with Crippen LogP contribution in [0, 0.1) is 0 Å². The second kappa shape index (κ2) is 11.4. The number of ether oxygens (including phenoxy) is 1. The van der Waals surface area contributed by atoms with Crippen LogP contribution in [0.5, 0.6) is 5.88 Å². The summed E-state index contributed by atoms with van der Waals surface area (Å²) in [7, 11) is -0.816. The number of aliphatic imine (C=N–C) groups is 1. The number of alkyl halides is 3. The summed E-state index contributed by atoms with van der Waals surface area (Å²) in [5.41, 5.74) is 0.475. The quantitative estimate of drug-likeness (QED) is 0.486. The minimum Gasteiger partial charge on any atom is -0.468 e. The highest BCUT2D eigenvalue weighted by atomic mass is 32.2. The van der Waals surface area contributed by atoms with E-state index in [0.717, 1.165) is 25.7 Å². The number of halogens is 3. The zero-order valence-corrected chi connectivity index (χ0v) is 17.6. The number of hydrogen-bond donors (Lipinski definition) is 2. The summed E-state index contributed by atoms with van der Waals surface area (Å²) in [4.78, 5) is 8.38. The smallest absolute Gasteiger partial charge is 0.422 e. The lowest BCUT2D eigenvalue weighted by molar-refractivity contribution is -0.154. The van der Waals surface area contributed by atoms with Crippen LogP contribution in [0.4, 0.5) is 13.2 Å². The first kappa shape index (κ1) is 23.4. The van der Waals surface area contributed by atoms with Crippen LogP contribution in [0.25, 0.3) is 0 Å². The molecule has 0 radical (unpaired) electrons. The maximum Gasteiger partial charge on any atom is 0.422 e. The average molecular weight is 435 g/mol. The van der Waals surface area contributed by atoms with E-state index >= 15 is 0 Å². The van der Waals surface area contributed by atoms with Gasteiger partial charge in [0.2, 0.25) is 5.88 Å². The van der Waals surface area contributed by atoms with Crippen molar-refractivity contribution >= 4 is 16.8 Å². The van der Waals surface area contributed by atoms with Crippen molar-refractivity contribution < 1.29 is 22.1 Å². The summed E-state index contributed by atoms with van der Waals surface area (Å²) in [6, 6.07) is 3.45. The highest BCUT2D eigenvalue weighted by Gasteiger charge is 2.29. The van der Waals surface area contributed by atoms with E-state index in [1.807, 2.05) is 13.8 Å². The molecule has 1 aromatic rings. The van der Waals surface area contributed by atoms with Crippen molar-refractivity contribution in [2.75, 3.05) is 18.9 Å². The zero-order chi connectivity index (χ0) is 21.3. The number of nitrogens with one attached hydrogen (secondary N) is 2. The zero-order valence-electron chi connectivity index (χ0n) is 16.8. The summed E-state index contributed by atoms with van der Waals surface area (Å²) in [5.74, 6) is 1.17. The number of guanidine groups is 1. The largest absolute Gasteiger partial charge is 0.468 e. The standard InChI is InChI=1S/C19H29F3N4O2S/c1-3-23-18(26-15-8-5-9-16(11-15)29(27)4-2)25-12-14-7-6-10-24-17(14)28-13-19(20,21)22/h6-7,10,15-16H,3-5,8-9,11-13H2,1-2H3,(H2,23,25,26). The second-order valence-electron chi connectivity index (χ2n) is 6.87. The Morgan fingerprint density at radius 1 is 1.38 bits per heavy atom. The number of nitrogens with zero attached hydrogens (tertiary/aromatic N) is 2. The predicted octanol–water partition coefficient (Wildman–Crippen LogP) is 3.16. The molecule has 3 atom stereocenters. The normalized spacial score (nSPS) is 21.5. The van der Waals surface area contributed by atoms with E-state index in [9.17, 15) is 17.4 Å². The molecule has 0 amide bonds. The molecule has 0 aliphatic heterocycles. The predicted molar refractivity (Wildman–Crippen MR) is 108 cm³/mol. The van der Waals surface area contributed by atoms with E-state index < -0.39 is 23.6 Å². The molecule has 0 aromatic carbocycles. The fraction of sp³-hybridized carbons (Fsp3) is 0.684. The Labute approximate surface area is 172 Å². The molecular weight excluding hydrogens is 405 g/mol. The van der Waals surface area contributed by atoms with Crippen molar-refractivity contribution in [3.05, 3.63) is 23.9 Å². The van der Waals surface area contributed by atoms with E-state index in [0.29, 0.717) is 23.8 Å². The molecule has 1 aromatic heterocycles. The highest BCUT2D eigenvalue weighted by molar-refractivity contribution is 7.85. The van der Waals surface area contributed by atoms with E-state index in [-0.39, 0.29) is 23.7 Å². The first-order valence-electron chi connectivity index (χ1n) is 9.87. The molecule has 1 heterocycles. The second-order valence-corrected chi connectivity index (χ2v) is 8.87. The van der Waals surface area contributed by atoms with Crippen molar-refractivity contribution in [1.82, 2.24) is 15.6 Å². The van der Waals surface area contributed by atoms with Gasteiger partial charge in [-0.25, -0.2) is 9.98 Å². The molecule has 164 valence electrons. The van der Waals surface area contributed by atoms with Gasteiger partial charge in [-0.2, -0.15) is 13.2 Å². The van der Waals surface area contributed by atoms with Crippen LogP contribution in [0.1, 0.15) is 45.1 Å².